The van der Waals surface area contributed by atoms with Crippen LogP contribution in [-0.4, -0.2) is 131 Å². The van der Waals surface area contributed by atoms with Crippen molar-refractivity contribution in [1.82, 2.24) is 51.8 Å². The van der Waals surface area contributed by atoms with Crippen LogP contribution in [-0.2, 0) is 34.0 Å². The van der Waals surface area contributed by atoms with Crippen LogP contribution in [0.5, 0.6) is 17.2 Å². The summed E-state index contributed by atoms with van der Waals surface area (Å²) in [7, 11) is 0. The standard InChI is InChI=1S/C36H48N10O9/c1-22-34(53)28(25(19-47)10-43-22)13-37-16-31(50)40-4-7-46(8-5-41-32(51)17-38-14-29-26(20-48)11-44-23(2)35(29)54)9-6-42-33(52)18-39-15-30-27(21-49)12-45-24(3)36(30)55/h10-12,19-21,37-39,53-55H,4-9,13-18H2,1-3H3,(H,40,50)(H,41,51)(H,42,52). The Labute approximate surface area is 317 Å². The van der Waals surface area contributed by atoms with Gasteiger partial charge in [-0.25, -0.2) is 0 Å². The second-order valence-electron chi connectivity index (χ2n) is 12.4. The smallest absolute Gasteiger partial charge is 0.234 e. The molecule has 0 fully saturated rings. The number of nitrogens with zero attached hydrogens (tertiary/aromatic N) is 4. The number of nitrogens with one attached hydrogen (secondary N) is 6. The summed E-state index contributed by atoms with van der Waals surface area (Å²) >= 11 is 0. The first-order valence-corrected chi connectivity index (χ1v) is 17.4. The molecule has 3 aromatic rings. The van der Waals surface area contributed by atoms with Gasteiger partial charge < -0.3 is 47.2 Å². The number of aromatic hydroxyl groups is 3. The van der Waals surface area contributed by atoms with Crippen molar-refractivity contribution in [2.24, 2.45) is 0 Å². The first kappa shape index (κ1) is 43.5. The zero-order valence-electron chi connectivity index (χ0n) is 31.0. The number of amides is 3. The SMILES string of the molecule is Cc1ncc(C=O)c(CNCC(=O)NCCN(CCNC(=O)CNCc2c(C=O)cnc(C)c2O)CCNC(=O)CNCc2c(C=O)cnc(C)c2O)c1O. The number of pyridine rings is 3. The van der Waals surface area contributed by atoms with Gasteiger partial charge in [-0.05, 0) is 20.8 Å². The van der Waals surface area contributed by atoms with E-state index in [0.29, 0.717) is 72.3 Å². The van der Waals surface area contributed by atoms with E-state index in [1.165, 1.54) is 18.6 Å². The van der Waals surface area contributed by atoms with Crippen LogP contribution in [0.2, 0.25) is 0 Å². The zero-order chi connectivity index (χ0) is 40.3. The summed E-state index contributed by atoms with van der Waals surface area (Å²) in [6.07, 6.45) is 5.79. The van der Waals surface area contributed by atoms with Crippen molar-refractivity contribution in [2.75, 3.05) is 58.9 Å². The quantitative estimate of drug-likeness (QED) is 0.0478. The predicted molar refractivity (Wildman–Crippen MR) is 199 cm³/mol. The second kappa shape index (κ2) is 22.4. The number of hydrogen-bond acceptors (Lipinski definition) is 16. The molecule has 55 heavy (non-hydrogen) atoms. The molecule has 0 radical (unpaired) electrons. The van der Waals surface area contributed by atoms with E-state index in [1.807, 2.05) is 4.90 Å². The summed E-state index contributed by atoms with van der Waals surface area (Å²) in [6, 6.07) is 0. The third-order valence-corrected chi connectivity index (χ3v) is 8.52. The number of aromatic nitrogens is 3. The summed E-state index contributed by atoms with van der Waals surface area (Å²) in [5.74, 6) is -1.37. The largest absolute Gasteiger partial charge is 0.506 e. The van der Waals surface area contributed by atoms with Crippen LogP contribution >= 0.6 is 0 Å². The summed E-state index contributed by atoms with van der Waals surface area (Å²) in [5.41, 5.74) is 2.71. The van der Waals surface area contributed by atoms with Crippen molar-refractivity contribution in [2.45, 2.75) is 40.4 Å². The molecule has 19 nitrogen and oxygen atoms in total. The Hall–Kier alpha value is -5.89. The lowest BCUT2D eigenvalue weighted by Crippen LogP contribution is -2.45. The van der Waals surface area contributed by atoms with Gasteiger partial charge in [0.1, 0.15) is 17.2 Å². The average Bonchev–Trinajstić information content (AvgIpc) is 3.16. The van der Waals surface area contributed by atoms with E-state index in [4.69, 9.17) is 0 Å². The highest BCUT2D eigenvalue weighted by molar-refractivity contribution is 5.81. The summed E-state index contributed by atoms with van der Waals surface area (Å²) in [4.78, 5) is 85.5. The third kappa shape index (κ3) is 13.5. The van der Waals surface area contributed by atoms with Crippen molar-refractivity contribution >= 4 is 36.6 Å². The molecule has 296 valence electrons. The molecular weight excluding hydrogens is 716 g/mol. The van der Waals surface area contributed by atoms with Gasteiger partial charge in [0.05, 0.1) is 36.7 Å². The molecule has 0 bridgehead atoms. The number of carbonyl (C=O) groups is 6. The van der Waals surface area contributed by atoms with Gasteiger partial charge in [-0.2, -0.15) is 0 Å². The lowest BCUT2D eigenvalue weighted by atomic mass is 10.1. The fourth-order valence-electron chi connectivity index (χ4n) is 5.33. The minimum Gasteiger partial charge on any atom is -0.506 e. The van der Waals surface area contributed by atoms with E-state index in [-0.39, 0.29) is 111 Å². The second-order valence-corrected chi connectivity index (χ2v) is 12.4. The molecule has 3 amide bonds. The fraction of sp³-hybridized carbons (Fsp3) is 0.417. The maximum atomic E-state index is 12.6. The van der Waals surface area contributed by atoms with Crippen molar-refractivity contribution in [3.8, 4) is 17.2 Å². The molecule has 19 heteroatoms. The highest BCUT2D eigenvalue weighted by atomic mass is 16.3. The van der Waals surface area contributed by atoms with Crippen LogP contribution in [0.1, 0.15) is 64.8 Å². The first-order valence-electron chi connectivity index (χ1n) is 17.4. The molecule has 0 unspecified atom stereocenters. The molecule has 3 aromatic heterocycles. The van der Waals surface area contributed by atoms with Gasteiger partial charge in [0.25, 0.3) is 0 Å². The van der Waals surface area contributed by atoms with Crippen LogP contribution in [0, 0.1) is 20.8 Å². The normalized spacial score (nSPS) is 10.9. The van der Waals surface area contributed by atoms with Gasteiger partial charge in [0.15, 0.2) is 18.9 Å². The maximum Gasteiger partial charge on any atom is 0.234 e. The highest BCUT2D eigenvalue weighted by Gasteiger charge is 2.15. The summed E-state index contributed by atoms with van der Waals surface area (Å²) < 4.78 is 0. The third-order valence-electron chi connectivity index (χ3n) is 8.52. The van der Waals surface area contributed by atoms with Gasteiger partial charge in [-0.1, -0.05) is 0 Å². The average molecular weight is 765 g/mol. The number of hydrogen-bond donors (Lipinski definition) is 9. The molecule has 0 spiro atoms. The van der Waals surface area contributed by atoms with Crippen LogP contribution in [0.25, 0.3) is 0 Å². The van der Waals surface area contributed by atoms with E-state index < -0.39 is 0 Å². The number of rotatable bonds is 24. The van der Waals surface area contributed by atoms with Gasteiger partial charge in [0.2, 0.25) is 17.7 Å². The first-order chi connectivity index (χ1) is 26.4. The Kier molecular flexibility index (Phi) is 17.7. The van der Waals surface area contributed by atoms with Gasteiger partial charge in [-0.3, -0.25) is 48.6 Å². The number of aldehydes is 3. The van der Waals surface area contributed by atoms with Gasteiger partial charge in [-0.15, -0.1) is 0 Å². The Bertz CT molecular complexity index is 1630. The fourth-order valence-corrected chi connectivity index (χ4v) is 5.33. The monoisotopic (exact) mass is 764 g/mol. The molecule has 3 heterocycles. The lowest BCUT2D eigenvalue weighted by molar-refractivity contribution is -0.120. The molecule has 0 saturated carbocycles. The Balaban J connectivity index is 1.48. The van der Waals surface area contributed by atoms with Crippen molar-refractivity contribution in [3.05, 3.63) is 69.1 Å². The molecule has 9 N–H and O–H groups in total. The van der Waals surface area contributed by atoms with E-state index in [2.05, 4.69) is 46.9 Å². The molecule has 3 rings (SSSR count). The topological polar surface area (TPSA) is 277 Å². The van der Waals surface area contributed by atoms with Crippen LogP contribution < -0.4 is 31.9 Å². The predicted octanol–water partition coefficient (Wildman–Crippen LogP) is -1.33. The maximum absolute atomic E-state index is 12.6. The van der Waals surface area contributed by atoms with E-state index in [1.54, 1.807) is 20.8 Å². The van der Waals surface area contributed by atoms with E-state index in [9.17, 15) is 44.1 Å². The number of carbonyl (C=O) groups excluding carboxylic acids is 6. The van der Waals surface area contributed by atoms with E-state index >= 15 is 0 Å². The van der Waals surface area contributed by atoms with Crippen LogP contribution in [0.3, 0.4) is 0 Å². The van der Waals surface area contributed by atoms with E-state index in [0.717, 1.165) is 0 Å². The van der Waals surface area contributed by atoms with Crippen molar-refractivity contribution < 1.29 is 44.1 Å². The highest BCUT2D eigenvalue weighted by Crippen LogP contribution is 2.24. The molecule has 0 atom stereocenters. The minimum absolute atomic E-state index is 0.0646. The summed E-state index contributed by atoms with van der Waals surface area (Å²) in [5, 5.41) is 47.9. The molecule has 0 aromatic carbocycles. The Morgan fingerprint density at radius 3 is 1.07 bits per heavy atom. The van der Waals surface area contributed by atoms with Crippen molar-refractivity contribution in [3.63, 3.8) is 0 Å². The lowest BCUT2D eigenvalue weighted by Gasteiger charge is -2.23. The Morgan fingerprint density at radius 2 is 0.818 bits per heavy atom. The molecular formula is C36H48N10O9. The number of aryl methyl sites for hydroxylation is 3. The minimum atomic E-state index is -0.335. The zero-order valence-corrected chi connectivity index (χ0v) is 31.0. The molecule has 0 aliphatic rings. The van der Waals surface area contributed by atoms with Gasteiger partial charge >= 0.3 is 0 Å². The molecule has 0 saturated heterocycles. The molecule has 0 aliphatic heterocycles. The van der Waals surface area contributed by atoms with Crippen molar-refractivity contribution in [1.29, 1.82) is 0 Å². The summed E-state index contributed by atoms with van der Waals surface area (Å²) in [6.45, 7) is 6.47. The van der Waals surface area contributed by atoms with Crippen LogP contribution in [0.15, 0.2) is 18.6 Å². The Morgan fingerprint density at radius 1 is 0.545 bits per heavy atom. The van der Waals surface area contributed by atoms with Gasteiger partial charge in [0, 0.05) is 111 Å². The van der Waals surface area contributed by atoms with Crippen LogP contribution in [0.4, 0.5) is 0 Å². The molecule has 0 aliphatic carbocycles.